The van der Waals surface area contributed by atoms with Crippen molar-refractivity contribution >= 4 is 12.1 Å². The SMILES string of the molecule is CC(C)(C)OC(=O)NC(Cc1ncccn1)C(=O)O. The van der Waals surface area contributed by atoms with Gasteiger partial charge in [0.1, 0.15) is 17.5 Å². The highest BCUT2D eigenvalue weighted by Gasteiger charge is 2.24. The molecule has 1 heterocycles. The van der Waals surface area contributed by atoms with E-state index in [-0.39, 0.29) is 6.42 Å². The summed E-state index contributed by atoms with van der Waals surface area (Å²) >= 11 is 0. The van der Waals surface area contributed by atoms with Crippen LogP contribution in [0.25, 0.3) is 0 Å². The van der Waals surface area contributed by atoms with Gasteiger partial charge in [-0.25, -0.2) is 19.6 Å². The molecule has 0 aliphatic heterocycles. The molecule has 0 fully saturated rings. The highest BCUT2D eigenvalue weighted by Crippen LogP contribution is 2.07. The van der Waals surface area contributed by atoms with Gasteiger partial charge >= 0.3 is 12.1 Å². The van der Waals surface area contributed by atoms with Crippen LogP contribution in [0.4, 0.5) is 4.79 Å². The summed E-state index contributed by atoms with van der Waals surface area (Å²) in [6, 6.07) is 0.498. The van der Waals surface area contributed by atoms with Crippen molar-refractivity contribution in [2.75, 3.05) is 0 Å². The van der Waals surface area contributed by atoms with Gasteiger partial charge in [0.05, 0.1) is 0 Å². The third-order valence-electron chi connectivity index (χ3n) is 2.00. The number of ether oxygens (including phenoxy) is 1. The monoisotopic (exact) mass is 267 g/mol. The van der Waals surface area contributed by atoms with Gasteiger partial charge in [0, 0.05) is 18.8 Å². The van der Waals surface area contributed by atoms with Crippen molar-refractivity contribution in [1.82, 2.24) is 15.3 Å². The highest BCUT2D eigenvalue weighted by molar-refractivity contribution is 5.80. The molecule has 0 aliphatic rings. The van der Waals surface area contributed by atoms with Gasteiger partial charge in [-0.05, 0) is 26.8 Å². The Morgan fingerprint density at radius 3 is 2.42 bits per heavy atom. The maximum Gasteiger partial charge on any atom is 0.408 e. The number of aromatic nitrogens is 2. The maximum atomic E-state index is 11.5. The third kappa shape index (κ3) is 5.80. The fourth-order valence-corrected chi connectivity index (χ4v) is 1.27. The zero-order valence-electron chi connectivity index (χ0n) is 11.1. The van der Waals surface area contributed by atoms with Crippen LogP contribution in [0.15, 0.2) is 18.5 Å². The van der Waals surface area contributed by atoms with Crippen LogP contribution in [-0.2, 0) is 16.0 Å². The summed E-state index contributed by atoms with van der Waals surface area (Å²) in [7, 11) is 0. The minimum absolute atomic E-state index is 0.00455. The quantitative estimate of drug-likeness (QED) is 0.843. The average Bonchev–Trinajstić information content (AvgIpc) is 2.26. The zero-order valence-corrected chi connectivity index (χ0v) is 11.1. The minimum atomic E-state index is -1.17. The molecule has 1 aromatic heterocycles. The summed E-state index contributed by atoms with van der Waals surface area (Å²) in [5, 5.41) is 11.3. The van der Waals surface area contributed by atoms with Gasteiger partial charge in [0.15, 0.2) is 0 Å². The average molecular weight is 267 g/mol. The fourth-order valence-electron chi connectivity index (χ4n) is 1.27. The maximum absolute atomic E-state index is 11.5. The summed E-state index contributed by atoms with van der Waals surface area (Å²) in [4.78, 5) is 30.4. The Bertz CT molecular complexity index is 442. The second-order valence-electron chi connectivity index (χ2n) is 4.91. The summed E-state index contributed by atoms with van der Waals surface area (Å²) in [5.74, 6) is -0.829. The zero-order chi connectivity index (χ0) is 14.5. The van der Waals surface area contributed by atoms with E-state index in [0.29, 0.717) is 5.82 Å². The Hall–Kier alpha value is -2.18. The van der Waals surface area contributed by atoms with Gasteiger partial charge in [-0.15, -0.1) is 0 Å². The Morgan fingerprint density at radius 1 is 1.37 bits per heavy atom. The molecule has 2 N–H and O–H groups in total. The number of alkyl carbamates (subject to hydrolysis) is 1. The number of carbonyl (C=O) groups excluding carboxylic acids is 1. The van der Waals surface area contributed by atoms with Crippen molar-refractivity contribution < 1.29 is 19.4 Å². The molecule has 1 amide bonds. The van der Waals surface area contributed by atoms with Crippen LogP contribution >= 0.6 is 0 Å². The molecule has 1 rings (SSSR count). The van der Waals surface area contributed by atoms with Crippen LogP contribution in [0.3, 0.4) is 0 Å². The van der Waals surface area contributed by atoms with Crippen molar-refractivity contribution in [3.05, 3.63) is 24.3 Å². The lowest BCUT2D eigenvalue weighted by atomic mass is 10.2. The Morgan fingerprint density at radius 2 is 1.95 bits per heavy atom. The van der Waals surface area contributed by atoms with Crippen molar-refractivity contribution in [1.29, 1.82) is 0 Å². The van der Waals surface area contributed by atoms with Gasteiger partial charge < -0.3 is 15.2 Å². The number of nitrogens with zero attached hydrogens (tertiary/aromatic N) is 2. The van der Waals surface area contributed by atoms with Crippen LogP contribution < -0.4 is 5.32 Å². The summed E-state index contributed by atoms with van der Waals surface area (Å²) < 4.78 is 5.00. The van der Waals surface area contributed by atoms with Crippen LogP contribution in [0, 0.1) is 0 Å². The standard InChI is InChI=1S/C12H17N3O4/c1-12(2,3)19-11(18)15-8(10(16)17)7-9-13-5-4-6-14-9/h4-6,8H,7H2,1-3H3,(H,15,18)(H,16,17). The molecule has 0 radical (unpaired) electrons. The lowest BCUT2D eigenvalue weighted by molar-refractivity contribution is -0.139. The van der Waals surface area contributed by atoms with E-state index < -0.39 is 23.7 Å². The Balaban J connectivity index is 2.64. The molecule has 7 nitrogen and oxygen atoms in total. The molecule has 1 atom stereocenters. The molecule has 0 aliphatic carbocycles. The molecule has 19 heavy (non-hydrogen) atoms. The molecule has 7 heteroatoms. The van der Waals surface area contributed by atoms with E-state index in [1.54, 1.807) is 26.8 Å². The van der Waals surface area contributed by atoms with E-state index in [1.807, 2.05) is 0 Å². The molecule has 1 unspecified atom stereocenters. The first-order valence-electron chi connectivity index (χ1n) is 5.76. The van der Waals surface area contributed by atoms with E-state index >= 15 is 0 Å². The predicted molar refractivity (Wildman–Crippen MR) is 66.5 cm³/mol. The third-order valence-corrected chi connectivity index (χ3v) is 2.00. The largest absolute Gasteiger partial charge is 0.480 e. The topological polar surface area (TPSA) is 101 Å². The molecule has 0 saturated carbocycles. The lowest BCUT2D eigenvalue weighted by Crippen LogP contribution is -2.44. The summed E-state index contributed by atoms with van der Waals surface area (Å²) in [6.45, 7) is 5.09. The normalized spacial score (nSPS) is 12.6. The van der Waals surface area contributed by atoms with Gasteiger partial charge in [0.25, 0.3) is 0 Å². The highest BCUT2D eigenvalue weighted by atomic mass is 16.6. The molecule has 0 saturated heterocycles. The van der Waals surface area contributed by atoms with Crippen LogP contribution in [0.5, 0.6) is 0 Å². The number of carboxylic acid groups (broad SMARTS) is 1. The molecule has 0 bridgehead atoms. The van der Waals surface area contributed by atoms with Gasteiger partial charge in [-0.1, -0.05) is 0 Å². The summed E-state index contributed by atoms with van der Waals surface area (Å²) in [6.07, 6.45) is 2.23. The van der Waals surface area contributed by atoms with E-state index in [9.17, 15) is 9.59 Å². The molecule has 0 spiro atoms. The van der Waals surface area contributed by atoms with Crippen molar-refractivity contribution in [2.24, 2.45) is 0 Å². The van der Waals surface area contributed by atoms with E-state index in [2.05, 4.69) is 15.3 Å². The molecule has 0 aromatic carbocycles. The van der Waals surface area contributed by atoms with Crippen molar-refractivity contribution in [3.8, 4) is 0 Å². The van der Waals surface area contributed by atoms with Gasteiger partial charge in [-0.3, -0.25) is 0 Å². The fraction of sp³-hybridized carbons (Fsp3) is 0.500. The Labute approximate surface area is 111 Å². The number of hydrogen-bond acceptors (Lipinski definition) is 5. The number of amides is 1. The number of aliphatic carboxylic acids is 1. The van der Waals surface area contributed by atoms with Gasteiger partial charge in [-0.2, -0.15) is 0 Å². The number of carbonyl (C=O) groups is 2. The minimum Gasteiger partial charge on any atom is -0.480 e. The molecule has 104 valence electrons. The number of rotatable bonds is 4. The number of nitrogens with one attached hydrogen (secondary N) is 1. The van der Waals surface area contributed by atoms with E-state index in [0.717, 1.165) is 0 Å². The molecular formula is C12H17N3O4. The molecule has 1 aromatic rings. The number of hydrogen-bond donors (Lipinski definition) is 2. The molecular weight excluding hydrogens is 250 g/mol. The first-order chi connectivity index (χ1) is 8.78. The first-order valence-corrected chi connectivity index (χ1v) is 5.76. The Kier molecular flexibility index (Phi) is 4.80. The summed E-state index contributed by atoms with van der Waals surface area (Å²) in [5.41, 5.74) is -0.684. The van der Waals surface area contributed by atoms with Crippen LogP contribution in [-0.4, -0.2) is 38.8 Å². The second kappa shape index (κ2) is 6.12. The van der Waals surface area contributed by atoms with Gasteiger partial charge in [0.2, 0.25) is 0 Å². The first kappa shape index (κ1) is 14.9. The van der Waals surface area contributed by atoms with Crippen molar-refractivity contribution in [2.45, 2.75) is 38.8 Å². The second-order valence-corrected chi connectivity index (χ2v) is 4.91. The van der Waals surface area contributed by atoms with Crippen molar-refractivity contribution in [3.63, 3.8) is 0 Å². The predicted octanol–water partition coefficient (Wildman–Crippen LogP) is 0.997. The van der Waals surface area contributed by atoms with E-state index in [1.165, 1.54) is 12.4 Å². The lowest BCUT2D eigenvalue weighted by Gasteiger charge is -2.21. The van der Waals surface area contributed by atoms with E-state index in [4.69, 9.17) is 9.84 Å². The smallest absolute Gasteiger partial charge is 0.408 e. The van der Waals surface area contributed by atoms with Crippen LogP contribution in [0.2, 0.25) is 0 Å². The number of carboxylic acids is 1. The van der Waals surface area contributed by atoms with Crippen LogP contribution in [0.1, 0.15) is 26.6 Å².